The van der Waals surface area contributed by atoms with Crippen molar-refractivity contribution >= 4 is 17.9 Å². The van der Waals surface area contributed by atoms with Crippen LogP contribution >= 0.6 is 0 Å². The minimum Gasteiger partial charge on any atom is -0.298 e. The highest BCUT2D eigenvalue weighted by Gasteiger charge is 2.24. The minimum atomic E-state index is -0.679. The maximum Gasteiger partial charge on any atom is 0.187 e. The number of carbonyl (C=O) groups is 1. The second-order valence-corrected chi connectivity index (χ2v) is 5.79. The summed E-state index contributed by atoms with van der Waals surface area (Å²) in [6, 6.07) is 7.00. The van der Waals surface area contributed by atoms with Crippen molar-refractivity contribution in [3.8, 4) is 0 Å². The molecule has 1 fully saturated rings. The van der Waals surface area contributed by atoms with E-state index in [0.717, 1.165) is 11.6 Å². The summed E-state index contributed by atoms with van der Waals surface area (Å²) >= 11 is 0. The van der Waals surface area contributed by atoms with Crippen molar-refractivity contribution in [3.05, 3.63) is 76.6 Å². The first kappa shape index (κ1) is 16.2. The first-order valence-corrected chi connectivity index (χ1v) is 7.52. The average molecular weight is 326 g/mol. The lowest BCUT2D eigenvalue weighted by molar-refractivity contribution is -0.113. The molecule has 0 unspecified atom stereocenters. The van der Waals surface area contributed by atoms with Gasteiger partial charge in [0.05, 0.1) is 0 Å². The van der Waals surface area contributed by atoms with Crippen molar-refractivity contribution in [2.24, 2.45) is 0 Å². The number of piperidine rings is 1. The lowest BCUT2D eigenvalue weighted by Crippen LogP contribution is -2.34. The van der Waals surface area contributed by atoms with Crippen LogP contribution in [-0.4, -0.2) is 35.8 Å². The molecule has 0 radical (unpaired) electrons. The van der Waals surface area contributed by atoms with E-state index in [-0.39, 0.29) is 11.3 Å². The Bertz CT molecular complexity index is 829. The first-order valence-electron chi connectivity index (χ1n) is 7.52. The second-order valence-electron chi connectivity index (χ2n) is 5.79. The molecule has 122 valence electrons. The van der Waals surface area contributed by atoms with Crippen LogP contribution in [0.1, 0.15) is 11.1 Å². The standard InChI is InChI=1S/C19H16F2N2O/c1-23-11-15(7-13-3-2-6-22-10-13)19(24)16(12-23)8-14-4-5-17(20)9-18(14)21/h2-10H,11-12H2,1H3/b15-7?,16-8+. The van der Waals surface area contributed by atoms with Crippen LogP contribution in [0, 0.1) is 11.6 Å². The number of carbonyl (C=O) groups excluding carboxylic acids is 1. The summed E-state index contributed by atoms with van der Waals surface area (Å²) < 4.78 is 26.9. The molecule has 1 saturated heterocycles. The minimum absolute atomic E-state index is 0.124. The molecule has 5 heteroatoms. The predicted molar refractivity (Wildman–Crippen MR) is 89.1 cm³/mol. The highest BCUT2D eigenvalue weighted by atomic mass is 19.1. The molecular formula is C19H16F2N2O. The Morgan fingerprint density at radius 3 is 2.54 bits per heavy atom. The summed E-state index contributed by atoms with van der Waals surface area (Å²) in [5, 5.41) is 0. The number of nitrogens with zero attached hydrogens (tertiary/aromatic N) is 2. The smallest absolute Gasteiger partial charge is 0.187 e. The van der Waals surface area contributed by atoms with Crippen molar-refractivity contribution < 1.29 is 13.6 Å². The number of rotatable bonds is 2. The van der Waals surface area contributed by atoms with Gasteiger partial charge in [-0.2, -0.15) is 0 Å². The van der Waals surface area contributed by atoms with E-state index in [2.05, 4.69) is 4.98 Å². The number of halogens is 2. The lowest BCUT2D eigenvalue weighted by atomic mass is 9.95. The SMILES string of the molecule is CN1CC(=Cc2cccnc2)C(=O)/C(=C/c2ccc(F)cc2F)C1. The number of aromatic nitrogens is 1. The summed E-state index contributed by atoms with van der Waals surface area (Å²) in [6.45, 7) is 0.928. The van der Waals surface area contributed by atoms with Crippen LogP contribution in [-0.2, 0) is 4.79 Å². The van der Waals surface area contributed by atoms with Crippen molar-refractivity contribution in [1.82, 2.24) is 9.88 Å². The fraction of sp³-hybridized carbons (Fsp3) is 0.158. The van der Waals surface area contributed by atoms with Gasteiger partial charge < -0.3 is 0 Å². The second kappa shape index (κ2) is 6.84. The summed E-state index contributed by atoms with van der Waals surface area (Å²) in [5.41, 5.74) is 2.13. The highest BCUT2D eigenvalue weighted by molar-refractivity contribution is 6.14. The Hall–Kier alpha value is -2.66. The molecule has 2 aromatic rings. The molecule has 2 heterocycles. The van der Waals surface area contributed by atoms with Crippen molar-refractivity contribution in [2.75, 3.05) is 20.1 Å². The van der Waals surface area contributed by atoms with Crippen LogP contribution in [0.5, 0.6) is 0 Å². The fourth-order valence-electron chi connectivity index (χ4n) is 2.68. The first-order chi connectivity index (χ1) is 11.5. The molecule has 0 spiro atoms. The number of Topliss-reactive ketones (excluding diaryl/α,β-unsaturated/α-hetero) is 1. The summed E-state index contributed by atoms with van der Waals surface area (Å²) in [6.07, 6.45) is 6.63. The van der Waals surface area contributed by atoms with Gasteiger partial charge in [0, 0.05) is 48.3 Å². The zero-order valence-corrected chi connectivity index (χ0v) is 13.2. The van der Waals surface area contributed by atoms with Gasteiger partial charge in [0.2, 0.25) is 0 Å². The lowest BCUT2D eigenvalue weighted by Gasteiger charge is -2.26. The zero-order valence-electron chi connectivity index (χ0n) is 13.2. The van der Waals surface area contributed by atoms with Crippen LogP contribution in [0.15, 0.2) is 53.9 Å². The van der Waals surface area contributed by atoms with E-state index < -0.39 is 11.6 Å². The fourth-order valence-corrected chi connectivity index (χ4v) is 2.68. The van der Waals surface area contributed by atoms with Gasteiger partial charge in [0.1, 0.15) is 11.6 Å². The monoisotopic (exact) mass is 326 g/mol. The Balaban J connectivity index is 1.95. The van der Waals surface area contributed by atoms with E-state index in [0.29, 0.717) is 24.2 Å². The van der Waals surface area contributed by atoms with Gasteiger partial charge >= 0.3 is 0 Å². The van der Waals surface area contributed by atoms with Crippen molar-refractivity contribution in [3.63, 3.8) is 0 Å². The molecule has 0 bridgehead atoms. The Morgan fingerprint density at radius 1 is 1.12 bits per heavy atom. The number of likely N-dealkylation sites (tertiary alicyclic amines) is 1. The Labute approximate surface area is 138 Å². The molecule has 0 aliphatic carbocycles. The molecule has 0 amide bonds. The third-order valence-corrected chi connectivity index (χ3v) is 3.78. The van der Waals surface area contributed by atoms with Crippen molar-refractivity contribution in [1.29, 1.82) is 0 Å². The van der Waals surface area contributed by atoms with Gasteiger partial charge in [-0.1, -0.05) is 6.07 Å². The molecule has 0 N–H and O–H groups in total. The molecule has 0 atom stereocenters. The molecule has 0 saturated carbocycles. The van der Waals surface area contributed by atoms with Crippen LogP contribution < -0.4 is 0 Å². The predicted octanol–water partition coefficient (Wildman–Crippen LogP) is 3.34. The zero-order chi connectivity index (χ0) is 17.1. The van der Waals surface area contributed by atoms with Gasteiger partial charge in [0.25, 0.3) is 0 Å². The molecule has 24 heavy (non-hydrogen) atoms. The number of ketones is 1. The third kappa shape index (κ3) is 3.63. The highest BCUT2D eigenvalue weighted by Crippen LogP contribution is 2.22. The quantitative estimate of drug-likeness (QED) is 0.794. The normalized spacial score (nSPS) is 19.2. The van der Waals surface area contributed by atoms with E-state index >= 15 is 0 Å². The van der Waals surface area contributed by atoms with Crippen LogP contribution in [0.25, 0.3) is 12.2 Å². The Morgan fingerprint density at radius 2 is 1.88 bits per heavy atom. The van der Waals surface area contributed by atoms with E-state index in [1.54, 1.807) is 24.5 Å². The molecule has 1 aliphatic heterocycles. The maximum absolute atomic E-state index is 13.8. The van der Waals surface area contributed by atoms with E-state index in [4.69, 9.17) is 0 Å². The molecule has 1 aromatic heterocycles. The van der Waals surface area contributed by atoms with Crippen molar-refractivity contribution in [2.45, 2.75) is 0 Å². The average Bonchev–Trinajstić information content (AvgIpc) is 2.55. The van der Waals surface area contributed by atoms with Gasteiger partial charge in [-0.3, -0.25) is 14.7 Å². The molecule has 3 rings (SSSR count). The molecule has 3 nitrogen and oxygen atoms in total. The van der Waals surface area contributed by atoms with Gasteiger partial charge in [-0.05, 0) is 43.0 Å². The summed E-state index contributed by atoms with van der Waals surface area (Å²) in [7, 11) is 1.89. The molecule has 1 aromatic carbocycles. The number of hydrogen-bond acceptors (Lipinski definition) is 3. The van der Waals surface area contributed by atoms with E-state index in [1.807, 2.05) is 18.0 Å². The number of pyridine rings is 1. The topological polar surface area (TPSA) is 33.2 Å². The molecular weight excluding hydrogens is 310 g/mol. The number of benzene rings is 1. The van der Waals surface area contributed by atoms with Crippen LogP contribution in [0.4, 0.5) is 8.78 Å². The molecule has 1 aliphatic rings. The number of hydrogen-bond donors (Lipinski definition) is 0. The summed E-state index contributed by atoms with van der Waals surface area (Å²) in [4.78, 5) is 18.7. The largest absolute Gasteiger partial charge is 0.298 e. The Kier molecular flexibility index (Phi) is 4.62. The van der Waals surface area contributed by atoms with Gasteiger partial charge in [-0.25, -0.2) is 8.78 Å². The maximum atomic E-state index is 13.8. The van der Waals surface area contributed by atoms with E-state index in [9.17, 15) is 13.6 Å². The van der Waals surface area contributed by atoms with Crippen LogP contribution in [0.3, 0.4) is 0 Å². The summed E-state index contributed by atoms with van der Waals surface area (Å²) in [5.74, 6) is -1.44. The van der Waals surface area contributed by atoms with E-state index in [1.165, 1.54) is 18.2 Å². The van der Waals surface area contributed by atoms with Crippen LogP contribution in [0.2, 0.25) is 0 Å². The van der Waals surface area contributed by atoms with Gasteiger partial charge in [0.15, 0.2) is 5.78 Å². The third-order valence-electron chi connectivity index (χ3n) is 3.78. The number of likely N-dealkylation sites (N-methyl/N-ethyl adjacent to an activating group) is 1. The van der Waals surface area contributed by atoms with Gasteiger partial charge in [-0.15, -0.1) is 0 Å².